The molecule has 3 rings (SSSR count). The van der Waals surface area contributed by atoms with E-state index in [0.29, 0.717) is 11.4 Å². The summed E-state index contributed by atoms with van der Waals surface area (Å²) >= 11 is 0. The first-order valence-electron chi connectivity index (χ1n) is 8.56. The maximum Gasteiger partial charge on any atom is 0.258 e. The molecule has 144 valence electrons. The van der Waals surface area contributed by atoms with E-state index in [1.165, 1.54) is 24.3 Å². The molecular weight excluding hydrogens is 363 g/mol. The van der Waals surface area contributed by atoms with Gasteiger partial charge in [0, 0.05) is 5.69 Å². The van der Waals surface area contributed by atoms with E-state index in [0.717, 1.165) is 16.5 Å². The molecule has 2 N–H and O–H groups in total. The van der Waals surface area contributed by atoms with Crippen molar-refractivity contribution in [1.82, 2.24) is 5.32 Å². The predicted molar refractivity (Wildman–Crippen MR) is 104 cm³/mol. The van der Waals surface area contributed by atoms with Gasteiger partial charge >= 0.3 is 0 Å². The quantitative estimate of drug-likeness (QED) is 0.658. The van der Waals surface area contributed by atoms with Crippen molar-refractivity contribution in [1.29, 1.82) is 0 Å². The molecular formula is C21H19FN2O4. The van der Waals surface area contributed by atoms with Gasteiger partial charge in [-0.05, 0) is 59.3 Å². The fourth-order valence-electron chi connectivity index (χ4n) is 2.54. The lowest BCUT2D eigenvalue weighted by molar-refractivity contribution is -0.125. The van der Waals surface area contributed by atoms with E-state index in [9.17, 15) is 14.0 Å². The van der Waals surface area contributed by atoms with Gasteiger partial charge in [0.05, 0.1) is 13.7 Å². The van der Waals surface area contributed by atoms with Gasteiger partial charge in [0.2, 0.25) is 5.91 Å². The number of fused-ring (bicyclic) bond motifs is 1. The molecule has 0 aliphatic heterocycles. The monoisotopic (exact) mass is 382 g/mol. The third-order valence-corrected chi connectivity index (χ3v) is 3.96. The highest BCUT2D eigenvalue weighted by atomic mass is 19.1. The molecule has 7 heteroatoms. The van der Waals surface area contributed by atoms with E-state index >= 15 is 0 Å². The van der Waals surface area contributed by atoms with Crippen LogP contribution < -0.4 is 20.1 Å². The van der Waals surface area contributed by atoms with E-state index in [1.807, 2.05) is 30.3 Å². The largest absolute Gasteiger partial charge is 0.497 e. The Morgan fingerprint density at radius 3 is 2.29 bits per heavy atom. The van der Waals surface area contributed by atoms with Gasteiger partial charge in [0.1, 0.15) is 17.3 Å². The van der Waals surface area contributed by atoms with Gasteiger partial charge in [-0.25, -0.2) is 4.39 Å². The van der Waals surface area contributed by atoms with Crippen LogP contribution >= 0.6 is 0 Å². The molecule has 0 aliphatic rings. The molecule has 0 aliphatic carbocycles. The highest BCUT2D eigenvalue weighted by molar-refractivity contribution is 5.94. The summed E-state index contributed by atoms with van der Waals surface area (Å²) in [4.78, 5) is 23.7. The summed E-state index contributed by atoms with van der Waals surface area (Å²) in [5.74, 6) is 0.0227. The lowest BCUT2D eigenvalue weighted by atomic mass is 10.1. The number of nitrogens with one attached hydrogen (secondary N) is 2. The van der Waals surface area contributed by atoms with Crippen LogP contribution in [0.15, 0.2) is 60.7 Å². The van der Waals surface area contributed by atoms with Crippen molar-refractivity contribution in [3.63, 3.8) is 0 Å². The van der Waals surface area contributed by atoms with E-state index in [4.69, 9.17) is 9.47 Å². The number of anilines is 1. The molecule has 0 saturated heterocycles. The molecule has 0 atom stereocenters. The number of carbonyl (C=O) groups excluding carboxylic acids is 2. The first kappa shape index (κ1) is 19.2. The summed E-state index contributed by atoms with van der Waals surface area (Å²) in [5.41, 5.74) is 0.448. The smallest absolute Gasteiger partial charge is 0.258 e. The molecule has 3 aromatic carbocycles. The molecule has 0 radical (unpaired) electrons. The second-order valence-corrected chi connectivity index (χ2v) is 6.00. The van der Waals surface area contributed by atoms with E-state index < -0.39 is 17.6 Å². The first-order valence-corrected chi connectivity index (χ1v) is 8.56. The molecule has 0 aromatic heterocycles. The Balaban J connectivity index is 1.47. The summed E-state index contributed by atoms with van der Waals surface area (Å²) in [6.45, 7) is -0.437. The summed E-state index contributed by atoms with van der Waals surface area (Å²) in [5, 5.41) is 6.98. The minimum Gasteiger partial charge on any atom is -0.497 e. The van der Waals surface area contributed by atoms with Gasteiger partial charge in [-0.2, -0.15) is 0 Å². The predicted octanol–water partition coefficient (Wildman–Crippen LogP) is 3.12. The van der Waals surface area contributed by atoms with Crippen LogP contribution in [0.2, 0.25) is 0 Å². The molecule has 0 spiro atoms. The van der Waals surface area contributed by atoms with Crippen molar-refractivity contribution >= 4 is 28.3 Å². The Morgan fingerprint density at radius 1 is 0.893 bits per heavy atom. The van der Waals surface area contributed by atoms with Gasteiger partial charge in [0.15, 0.2) is 6.61 Å². The minimum absolute atomic E-state index is 0.214. The van der Waals surface area contributed by atoms with Gasteiger partial charge in [0.25, 0.3) is 5.91 Å². The van der Waals surface area contributed by atoms with Crippen molar-refractivity contribution < 1.29 is 23.5 Å². The Kier molecular flexibility index (Phi) is 6.06. The average Bonchev–Trinajstić information content (AvgIpc) is 2.71. The highest BCUT2D eigenvalue weighted by Crippen LogP contribution is 2.24. The number of methoxy groups -OCH3 is 1. The Bertz CT molecular complexity index is 989. The van der Waals surface area contributed by atoms with E-state index in [1.54, 1.807) is 13.2 Å². The molecule has 0 unspecified atom stereocenters. The fourth-order valence-corrected chi connectivity index (χ4v) is 2.54. The van der Waals surface area contributed by atoms with Crippen molar-refractivity contribution in [3.8, 4) is 11.5 Å². The van der Waals surface area contributed by atoms with Crippen LogP contribution in [0.3, 0.4) is 0 Å². The SMILES string of the molecule is COc1ccc2ccc(OCC(=O)NCC(=O)Nc3ccc(F)cc3)cc2c1. The second kappa shape index (κ2) is 8.85. The number of hydrogen-bond donors (Lipinski definition) is 2. The summed E-state index contributed by atoms with van der Waals surface area (Å²) in [6, 6.07) is 16.5. The first-order chi connectivity index (χ1) is 13.5. The lowest BCUT2D eigenvalue weighted by Crippen LogP contribution is -2.35. The Morgan fingerprint density at radius 2 is 1.57 bits per heavy atom. The number of rotatable bonds is 7. The second-order valence-electron chi connectivity index (χ2n) is 6.00. The zero-order valence-electron chi connectivity index (χ0n) is 15.2. The zero-order chi connectivity index (χ0) is 19.9. The highest BCUT2D eigenvalue weighted by Gasteiger charge is 2.08. The number of hydrogen-bond acceptors (Lipinski definition) is 4. The van der Waals surface area contributed by atoms with Crippen molar-refractivity contribution in [2.45, 2.75) is 0 Å². The summed E-state index contributed by atoms with van der Waals surface area (Å²) in [6.07, 6.45) is 0. The molecule has 3 aromatic rings. The summed E-state index contributed by atoms with van der Waals surface area (Å²) < 4.78 is 23.5. The number of ether oxygens (including phenoxy) is 2. The number of carbonyl (C=O) groups is 2. The van der Waals surface area contributed by atoms with Crippen LogP contribution in [0.5, 0.6) is 11.5 Å². The minimum atomic E-state index is -0.431. The van der Waals surface area contributed by atoms with Crippen molar-refractivity contribution in [2.24, 2.45) is 0 Å². The molecule has 0 saturated carbocycles. The maximum absolute atomic E-state index is 12.8. The third kappa shape index (κ3) is 5.20. The normalized spacial score (nSPS) is 10.4. The van der Waals surface area contributed by atoms with Crippen LogP contribution in [0.4, 0.5) is 10.1 Å². The van der Waals surface area contributed by atoms with Gasteiger partial charge < -0.3 is 20.1 Å². The molecule has 28 heavy (non-hydrogen) atoms. The molecule has 0 bridgehead atoms. The Hall–Kier alpha value is -3.61. The van der Waals surface area contributed by atoms with Crippen LogP contribution in [-0.4, -0.2) is 32.1 Å². The van der Waals surface area contributed by atoms with Crippen LogP contribution in [0, 0.1) is 5.82 Å². The van der Waals surface area contributed by atoms with E-state index in [2.05, 4.69) is 10.6 Å². The number of halogens is 1. The van der Waals surface area contributed by atoms with Gasteiger partial charge in [-0.1, -0.05) is 12.1 Å². The fraction of sp³-hybridized carbons (Fsp3) is 0.143. The van der Waals surface area contributed by atoms with Crippen LogP contribution in [0.25, 0.3) is 10.8 Å². The van der Waals surface area contributed by atoms with Gasteiger partial charge in [-0.3, -0.25) is 9.59 Å². The average molecular weight is 382 g/mol. The molecule has 6 nitrogen and oxygen atoms in total. The molecule has 0 heterocycles. The molecule has 0 fully saturated rings. The van der Waals surface area contributed by atoms with Crippen LogP contribution in [0.1, 0.15) is 0 Å². The summed E-state index contributed by atoms with van der Waals surface area (Å²) in [7, 11) is 1.60. The van der Waals surface area contributed by atoms with Gasteiger partial charge in [-0.15, -0.1) is 0 Å². The van der Waals surface area contributed by atoms with Crippen molar-refractivity contribution in [2.75, 3.05) is 25.6 Å². The number of benzene rings is 3. The Labute approximate surface area is 161 Å². The molecule has 2 amide bonds. The maximum atomic E-state index is 12.8. The van der Waals surface area contributed by atoms with Crippen LogP contribution in [-0.2, 0) is 9.59 Å². The van der Waals surface area contributed by atoms with Crippen molar-refractivity contribution in [3.05, 3.63) is 66.5 Å². The number of amides is 2. The van der Waals surface area contributed by atoms with E-state index in [-0.39, 0.29) is 13.2 Å². The lowest BCUT2D eigenvalue weighted by Gasteiger charge is -2.09. The topological polar surface area (TPSA) is 76.7 Å². The standard InChI is InChI=1S/C21H19FN2O4/c1-27-18-8-2-14-3-9-19(11-15(14)10-18)28-13-21(26)23-12-20(25)24-17-6-4-16(22)5-7-17/h2-11H,12-13H2,1H3,(H,23,26)(H,24,25). The third-order valence-electron chi connectivity index (χ3n) is 3.96. The zero-order valence-corrected chi connectivity index (χ0v) is 15.2.